The molecule has 0 fully saturated rings. The van der Waals surface area contributed by atoms with Crippen LogP contribution in [0.4, 0.5) is 0 Å². The lowest BCUT2D eigenvalue weighted by Crippen LogP contribution is -2.09. The molecule has 0 N–H and O–H groups in total. The fourth-order valence-corrected chi connectivity index (χ4v) is 4.06. The van der Waals surface area contributed by atoms with E-state index in [1.54, 1.807) is 0 Å². The number of para-hydroxylation sites is 1. The monoisotopic (exact) mass is 335 g/mol. The Bertz CT molecular complexity index is 1130. The molecule has 0 saturated heterocycles. The smallest absolute Gasteiger partial charge is 0.0491 e. The van der Waals surface area contributed by atoms with Gasteiger partial charge in [-0.15, -0.1) is 0 Å². The van der Waals surface area contributed by atoms with Crippen LogP contribution in [0.3, 0.4) is 0 Å². The predicted octanol–water partition coefficient (Wildman–Crippen LogP) is 6.59. The number of nitrogens with zero attached hydrogens (tertiary/aromatic N) is 1. The summed E-state index contributed by atoms with van der Waals surface area (Å²) in [5.41, 5.74) is 5.21. The highest BCUT2D eigenvalue weighted by Gasteiger charge is 2.14. The number of allylic oxidation sites excluding steroid dienone is 4. The molecule has 126 valence electrons. The second-order valence-electron chi connectivity index (χ2n) is 7.03. The normalized spacial score (nSPS) is 16.5. The Hall–Kier alpha value is -3.06. The van der Waals surface area contributed by atoms with Crippen molar-refractivity contribution in [1.29, 1.82) is 0 Å². The first-order chi connectivity index (χ1) is 12.9. The molecule has 0 radical (unpaired) electrons. The van der Waals surface area contributed by atoms with Crippen molar-refractivity contribution in [2.75, 3.05) is 0 Å². The van der Waals surface area contributed by atoms with Gasteiger partial charge < -0.3 is 4.57 Å². The Morgan fingerprint density at radius 3 is 2.38 bits per heavy atom. The zero-order chi connectivity index (χ0) is 17.3. The van der Waals surface area contributed by atoms with E-state index in [1.165, 1.54) is 32.9 Å². The van der Waals surface area contributed by atoms with E-state index < -0.39 is 0 Å². The number of aromatic nitrogens is 1. The van der Waals surface area contributed by atoms with Crippen molar-refractivity contribution >= 4 is 21.8 Å². The van der Waals surface area contributed by atoms with Gasteiger partial charge in [-0.2, -0.15) is 0 Å². The van der Waals surface area contributed by atoms with E-state index in [4.69, 9.17) is 0 Å². The number of fused-ring (bicyclic) bond motifs is 3. The van der Waals surface area contributed by atoms with Crippen LogP contribution in [-0.4, -0.2) is 4.57 Å². The van der Waals surface area contributed by atoms with Crippen molar-refractivity contribution < 1.29 is 0 Å². The first-order valence-corrected chi connectivity index (χ1v) is 9.30. The molecule has 26 heavy (non-hydrogen) atoms. The number of hydrogen-bond acceptors (Lipinski definition) is 0. The Kier molecular flexibility index (Phi) is 3.71. The molecule has 1 aliphatic carbocycles. The highest BCUT2D eigenvalue weighted by molar-refractivity contribution is 6.09. The quantitative estimate of drug-likeness (QED) is 0.398. The molecule has 1 heterocycles. The summed E-state index contributed by atoms with van der Waals surface area (Å²) in [5.74, 6) is 0.563. The van der Waals surface area contributed by atoms with Crippen LogP contribution in [0.1, 0.15) is 6.42 Å². The van der Waals surface area contributed by atoms with Crippen LogP contribution in [-0.2, 0) is 6.54 Å². The zero-order valence-electron chi connectivity index (χ0n) is 14.7. The van der Waals surface area contributed by atoms with Crippen LogP contribution in [0, 0.1) is 5.92 Å². The van der Waals surface area contributed by atoms with E-state index in [0.29, 0.717) is 5.92 Å². The summed E-state index contributed by atoms with van der Waals surface area (Å²) in [6, 6.07) is 26.3. The molecular weight excluding hydrogens is 314 g/mol. The van der Waals surface area contributed by atoms with Gasteiger partial charge in [-0.1, -0.05) is 78.9 Å². The van der Waals surface area contributed by atoms with Crippen molar-refractivity contribution in [3.63, 3.8) is 0 Å². The molecule has 4 aromatic rings. The van der Waals surface area contributed by atoms with E-state index in [2.05, 4.69) is 102 Å². The molecule has 1 atom stereocenters. The molecule has 1 aromatic heterocycles. The molecule has 0 saturated carbocycles. The number of hydrogen-bond donors (Lipinski definition) is 0. The van der Waals surface area contributed by atoms with Gasteiger partial charge in [-0.3, -0.25) is 0 Å². The van der Waals surface area contributed by atoms with Gasteiger partial charge in [0, 0.05) is 28.4 Å². The summed E-state index contributed by atoms with van der Waals surface area (Å²) in [5, 5.41) is 2.69. The fourth-order valence-electron chi connectivity index (χ4n) is 4.06. The van der Waals surface area contributed by atoms with Gasteiger partial charge in [0.15, 0.2) is 0 Å². The van der Waals surface area contributed by atoms with Crippen molar-refractivity contribution in [1.82, 2.24) is 4.57 Å². The van der Waals surface area contributed by atoms with E-state index in [0.717, 1.165) is 13.0 Å². The van der Waals surface area contributed by atoms with Crippen LogP contribution in [0.25, 0.3) is 32.9 Å². The maximum absolute atomic E-state index is 2.49. The van der Waals surface area contributed by atoms with E-state index in [-0.39, 0.29) is 0 Å². The first kappa shape index (κ1) is 15.2. The molecular formula is C25H21N. The Morgan fingerprint density at radius 1 is 0.731 bits per heavy atom. The van der Waals surface area contributed by atoms with Gasteiger partial charge in [0.05, 0.1) is 0 Å². The highest BCUT2D eigenvalue weighted by Crippen LogP contribution is 2.33. The van der Waals surface area contributed by atoms with Gasteiger partial charge >= 0.3 is 0 Å². The second-order valence-corrected chi connectivity index (χ2v) is 7.03. The lowest BCUT2D eigenvalue weighted by Gasteiger charge is -2.16. The molecule has 0 spiro atoms. The molecule has 0 aliphatic heterocycles. The van der Waals surface area contributed by atoms with Gasteiger partial charge in [0.25, 0.3) is 0 Å². The second kappa shape index (κ2) is 6.34. The summed E-state index contributed by atoms with van der Waals surface area (Å²) < 4.78 is 2.49. The van der Waals surface area contributed by atoms with Crippen LogP contribution < -0.4 is 0 Å². The van der Waals surface area contributed by atoms with E-state index in [9.17, 15) is 0 Å². The molecule has 1 nitrogen and oxygen atoms in total. The third-order valence-electron chi connectivity index (χ3n) is 5.37. The molecule has 0 bridgehead atoms. The van der Waals surface area contributed by atoms with Crippen LogP contribution in [0.2, 0.25) is 0 Å². The summed E-state index contributed by atoms with van der Waals surface area (Å²) in [6.45, 7) is 1.02. The number of benzene rings is 3. The van der Waals surface area contributed by atoms with E-state index in [1.807, 2.05) is 0 Å². The summed E-state index contributed by atoms with van der Waals surface area (Å²) in [4.78, 5) is 0. The summed E-state index contributed by atoms with van der Waals surface area (Å²) >= 11 is 0. The molecule has 5 rings (SSSR count). The van der Waals surface area contributed by atoms with Crippen LogP contribution in [0.15, 0.2) is 97.1 Å². The van der Waals surface area contributed by atoms with Gasteiger partial charge in [0.2, 0.25) is 0 Å². The van der Waals surface area contributed by atoms with Crippen molar-refractivity contribution in [3.05, 3.63) is 97.1 Å². The maximum Gasteiger partial charge on any atom is 0.0491 e. The predicted molar refractivity (Wildman–Crippen MR) is 111 cm³/mol. The molecule has 1 unspecified atom stereocenters. The Balaban J connectivity index is 1.69. The van der Waals surface area contributed by atoms with Crippen molar-refractivity contribution in [2.45, 2.75) is 13.0 Å². The van der Waals surface area contributed by atoms with Gasteiger partial charge in [-0.25, -0.2) is 0 Å². The number of rotatable bonds is 3. The maximum atomic E-state index is 2.49. The Labute approximate surface area is 153 Å². The molecule has 3 aromatic carbocycles. The zero-order valence-corrected chi connectivity index (χ0v) is 14.7. The van der Waals surface area contributed by atoms with Crippen molar-refractivity contribution in [3.8, 4) is 11.1 Å². The topological polar surface area (TPSA) is 4.93 Å². The lowest BCUT2D eigenvalue weighted by atomic mass is 10.0. The molecule has 1 heteroatoms. The first-order valence-electron chi connectivity index (χ1n) is 9.30. The summed E-state index contributed by atoms with van der Waals surface area (Å²) in [6.07, 6.45) is 10.0. The minimum atomic E-state index is 0.563. The summed E-state index contributed by atoms with van der Waals surface area (Å²) in [7, 11) is 0. The van der Waals surface area contributed by atoms with Gasteiger partial charge in [0.1, 0.15) is 0 Å². The lowest BCUT2D eigenvalue weighted by molar-refractivity contribution is 0.554. The molecule has 0 amide bonds. The standard InChI is InChI=1S/C25H21N/c1-3-9-19(10-4-1)18-26-24-14-8-7-13-22(24)23-17-21(15-16-25(23)26)20-11-5-2-6-12-20/h1-9,11-17,19H,10,18H2. The highest BCUT2D eigenvalue weighted by atomic mass is 15.0. The minimum absolute atomic E-state index is 0.563. The fraction of sp³-hybridized carbons (Fsp3) is 0.120. The minimum Gasteiger partial charge on any atom is -0.340 e. The van der Waals surface area contributed by atoms with E-state index >= 15 is 0 Å². The SMILES string of the molecule is C1=CCC(Cn2c3ccccc3c3cc(-c4ccccc4)ccc32)C=C1. The van der Waals surface area contributed by atoms with Gasteiger partial charge in [-0.05, 0) is 41.7 Å². The van der Waals surface area contributed by atoms with Crippen LogP contribution in [0.5, 0.6) is 0 Å². The average molecular weight is 335 g/mol. The molecule has 1 aliphatic rings. The Morgan fingerprint density at radius 2 is 1.54 bits per heavy atom. The van der Waals surface area contributed by atoms with Crippen molar-refractivity contribution in [2.24, 2.45) is 5.92 Å². The largest absolute Gasteiger partial charge is 0.340 e. The average Bonchev–Trinajstić information content (AvgIpc) is 3.03. The third kappa shape index (κ3) is 2.57. The third-order valence-corrected chi connectivity index (χ3v) is 5.37. The van der Waals surface area contributed by atoms with Crippen LogP contribution >= 0.6 is 0 Å².